The normalized spacial score (nSPS) is 26.0. The zero-order valence-electron chi connectivity index (χ0n) is 7.99. The molecule has 1 aromatic rings. The van der Waals surface area contributed by atoms with E-state index in [-0.39, 0.29) is 0 Å². The second-order valence-corrected chi connectivity index (χ2v) is 3.56. The highest BCUT2D eigenvalue weighted by molar-refractivity contribution is 5.28. The summed E-state index contributed by atoms with van der Waals surface area (Å²) in [4.78, 5) is 3.94. The summed E-state index contributed by atoms with van der Waals surface area (Å²) in [5.74, 6) is 0. The molecule has 0 aliphatic carbocycles. The Morgan fingerprint density at radius 1 is 1.57 bits per heavy atom. The highest BCUT2D eigenvalue weighted by atomic mass is 15.4. The van der Waals surface area contributed by atoms with Crippen molar-refractivity contribution in [1.29, 1.82) is 5.26 Å². The van der Waals surface area contributed by atoms with Crippen molar-refractivity contribution in [2.24, 2.45) is 0 Å². The molecule has 0 saturated carbocycles. The van der Waals surface area contributed by atoms with Crippen molar-refractivity contribution in [3.8, 4) is 6.07 Å². The summed E-state index contributed by atoms with van der Waals surface area (Å²) in [7, 11) is 0. The molecule has 2 unspecified atom stereocenters. The van der Waals surface area contributed by atoms with Crippen molar-refractivity contribution in [3.63, 3.8) is 0 Å². The van der Waals surface area contributed by atoms with E-state index >= 15 is 0 Å². The van der Waals surface area contributed by atoms with Crippen LogP contribution in [0.2, 0.25) is 0 Å². The first-order chi connectivity index (χ1) is 6.79. The molecule has 4 heteroatoms. The first-order valence-corrected chi connectivity index (χ1v) is 4.66. The molecule has 2 heterocycles. The fourth-order valence-corrected chi connectivity index (χ4v) is 1.66. The van der Waals surface area contributed by atoms with Crippen LogP contribution in [-0.2, 0) is 0 Å². The van der Waals surface area contributed by atoms with Gasteiger partial charge in [-0.15, -0.1) is 0 Å². The monoisotopic (exact) mass is 188 g/mol. The van der Waals surface area contributed by atoms with E-state index in [2.05, 4.69) is 22.8 Å². The molecule has 0 bridgehead atoms. The molecule has 14 heavy (non-hydrogen) atoms. The van der Waals surface area contributed by atoms with Gasteiger partial charge in [-0.3, -0.25) is 10.9 Å². The van der Waals surface area contributed by atoms with Gasteiger partial charge in [-0.25, -0.2) is 4.98 Å². The highest BCUT2D eigenvalue weighted by Gasteiger charge is 2.21. The van der Waals surface area contributed by atoms with Gasteiger partial charge in [0.2, 0.25) is 0 Å². The summed E-state index contributed by atoms with van der Waals surface area (Å²) in [6, 6.07) is 6.58. The molecule has 1 aromatic heterocycles. The molecule has 1 aliphatic heterocycles. The van der Waals surface area contributed by atoms with Crippen molar-refractivity contribution in [2.45, 2.75) is 25.4 Å². The zero-order chi connectivity index (χ0) is 9.97. The predicted octanol–water partition coefficient (Wildman–Crippen LogP) is 0.881. The number of nitriles is 1. The summed E-state index contributed by atoms with van der Waals surface area (Å²) in [5.41, 5.74) is 7.93. The van der Waals surface area contributed by atoms with Crippen molar-refractivity contribution < 1.29 is 0 Å². The minimum atomic E-state index is 0.292. The fourth-order valence-electron chi connectivity index (χ4n) is 1.66. The third kappa shape index (κ3) is 1.74. The van der Waals surface area contributed by atoms with Gasteiger partial charge in [-0.1, -0.05) is 0 Å². The minimum Gasteiger partial charge on any atom is -0.254 e. The average Bonchev–Trinajstić information content (AvgIpc) is 2.65. The van der Waals surface area contributed by atoms with Crippen LogP contribution in [0.3, 0.4) is 0 Å². The summed E-state index contributed by atoms with van der Waals surface area (Å²) < 4.78 is 0. The number of pyridine rings is 1. The number of hydrazine groups is 1. The Morgan fingerprint density at radius 2 is 2.43 bits per heavy atom. The van der Waals surface area contributed by atoms with E-state index in [0.717, 1.165) is 12.0 Å². The average molecular weight is 188 g/mol. The van der Waals surface area contributed by atoms with Crippen LogP contribution >= 0.6 is 0 Å². The Kier molecular flexibility index (Phi) is 2.44. The van der Waals surface area contributed by atoms with E-state index in [4.69, 9.17) is 5.26 Å². The van der Waals surface area contributed by atoms with Crippen LogP contribution < -0.4 is 10.9 Å². The summed E-state index contributed by atoms with van der Waals surface area (Å²) in [6.45, 7) is 2.12. The maximum atomic E-state index is 8.71. The molecule has 2 N–H and O–H groups in total. The third-order valence-corrected chi connectivity index (χ3v) is 2.39. The maximum Gasteiger partial charge on any atom is 0.140 e. The molecule has 0 amide bonds. The van der Waals surface area contributed by atoms with Gasteiger partial charge in [0.05, 0.1) is 0 Å². The van der Waals surface area contributed by atoms with E-state index in [1.54, 1.807) is 6.20 Å². The van der Waals surface area contributed by atoms with Crippen LogP contribution in [-0.4, -0.2) is 11.0 Å². The maximum absolute atomic E-state index is 8.71. The van der Waals surface area contributed by atoms with E-state index in [1.165, 1.54) is 0 Å². The van der Waals surface area contributed by atoms with Gasteiger partial charge in [0.25, 0.3) is 0 Å². The number of hydrogen-bond acceptors (Lipinski definition) is 4. The standard InChI is InChI=1S/C10H12N4/c1-7-4-10(14-13-7)8-2-3-12-9(5-8)6-11/h2-3,5,7,10,13-14H,4H2,1H3. The lowest BCUT2D eigenvalue weighted by Gasteiger charge is -2.08. The summed E-state index contributed by atoms with van der Waals surface area (Å²) in [5, 5.41) is 8.71. The number of rotatable bonds is 1. The molecule has 2 rings (SSSR count). The predicted molar refractivity (Wildman–Crippen MR) is 52.0 cm³/mol. The van der Waals surface area contributed by atoms with Gasteiger partial charge in [-0.2, -0.15) is 5.26 Å². The Bertz CT molecular complexity index is 369. The first kappa shape index (κ1) is 9.13. The van der Waals surface area contributed by atoms with E-state index in [9.17, 15) is 0 Å². The van der Waals surface area contributed by atoms with E-state index in [0.29, 0.717) is 17.8 Å². The quantitative estimate of drug-likeness (QED) is 0.686. The minimum absolute atomic E-state index is 0.292. The fraction of sp³-hybridized carbons (Fsp3) is 0.400. The number of hydrogen-bond donors (Lipinski definition) is 2. The lowest BCUT2D eigenvalue weighted by molar-refractivity contribution is 0.560. The SMILES string of the molecule is CC1CC(c2ccnc(C#N)c2)NN1. The van der Waals surface area contributed by atoms with E-state index < -0.39 is 0 Å². The Labute approximate surface area is 82.9 Å². The number of nitrogens with zero attached hydrogens (tertiary/aromatic N) is 2. The molecule has 0 radical (unpaired) electrons. The molecule has 1 saturated heterocycles. The van der Waals surface area contributed by atoms with Crippen LogP contribution in [0.4, 0.5) is 0 Å². The topological polar surface area (TPSA) is 60.7 Å². The van der Waals surface area contributed by atoms with Crippen LogP contribution in [0.5, 0.6) is 0 Å². The number of aromatic nitrogens is 1. The van der Waals surface area contributed by atoms with Gasteiger partial charge in [0.15, 0.2) is 0 Å². The summed E-state index contributed by atoms with van der Waals surface area (Å²) >= 11 is 0. The molecule has 1 fully saturated rings. The first-order valence-electron chi connectivity index (χ1n) is 4.66. The van der Waals surface area contributed by atoms with Crippen molar-refractivity contribution >= 4 is 0 Å². The molecule has 2 atom stereocenters. The second kappa shape index (κ2) is 3.74. The Balaban J connectivity index is 2.20. The molecule has 1 aliphatic rings. The molecule has 0 aromatic carbocycles. The smallest absolute Gasteiger partial charge is 0.140 e. The van der Waals surface area contributed by atoms with Gasteiger partial charge in [0, 0.05) is 18.3 Å². The van der Waals surface area contributed by atoms with Crippen LogP contribution in [0.25, 0.3) is 0 Å². The second-order valence-electron chi connectivity index (χ2n) is 3.56. The molecule has 0 spiro atoms. The largest absolute Gasteiger partial charge is 0.254 e. The Morgan fingerprint density at radius 3 is 3.07 bits per heavy atom. The van der Waals surface area contributed by atoms with Crippen LogP contribution in [0.1, 0.15) is 30.6 Å². The zero-order valence-corrected chi connectivity index (χ0v) is 7.99. The molecule has 72 valence electrons. The number of nitrogens with one attached hydrogen (secondary N) is 2. The molecular weight excluding hydrogens is 176 g/mol. The lowest BCUT2D eigenvalue weighted by atomic mass is 10.0. The molecular formula is C10H12N4. The van der Waals surface area contributed by atoms with Crippen molar-refractivity contribution in [1.82, 2.24) is 15.8 Å². The highest BCUT2D eigenvalue weighted by Crippen LogP contribution is 2.21. The van der Waals surface area contributed by atoms with Gasteiger partial charge >= 0.3 is 0 Å². The molecule has 4 nitrogen and oxygen atoms in total. The van der Waals surface area contributed by atoms with Crippen molar-refractivity contribution in [2.75, 3.05) is 0 Å². The van der Waals surface area contributed by atoms with E-state index in [1.807, 2.05) is 18.2 Å². The lowest BCUT2D eigenvalue weighted by Crippen LogP contribution is -2.28. The Hall–Kier alpha value is -1.44. The third-order valence-electron chi connectivity index (χ3n) is 2.39. The van der Waals surface area contributed by atoms with Gasteiger partial charge in [0.1, 0.15) is 11.8 Å². The van der Waals surface area contributed by atoms with Crippen LogP contribution in [0, 0.1) is 11.3 Å². The van der Waals surface area contributed by atoms with Gasteiger partial charge < -0.3 is 0 Å². The van der Waals surface area contributed by atoms with Crippen LogP contribution in [0.15, 0.2) is 18.3 Å². The summed E-state index contributed by atoms with van der Waals surface area (Å²) in [6.07, 6.45) is 2.72. The van der Waals surface area contributed by atoms with Crippen molar-refractivity contribution in [3.05, 3.63) is 29.6 Å². The van der Waals surface area contributed by atoms with Gasteiger partial charge in [-0.05, 0) is 31.0 Å².